The molecule has 3 nitrogen and oxygen atoms in total. The fraction of sp³-hybridized carbons (Fsp3) is 0.538. The van der Waals surface area contributed by atoms with E-state index < -0.39 is 0 Å². The highest BCUT2D eigenvalue weighted by Crippen LogP contribution is 2.18. The van der Waals surface area contributed by atoms with E-state index in [-0.39, 0.29) is 13.2 Å². The van der Waals surface area contributed by atoms with E-state index in [4.69, 9.17) is 14.9 Å². The maximum Gasteiger partial charge on any atom is 0.120 e. The van der Waals surface area contributed by atoms with Crippen LogP contribution >= 0.6 is 0 Å². The molecule has 16 heavy (non-hydrogen) atoms. The van der Waals surface area contributed by atoms with Crippen molar-refractivity contribution in [2.75, 3.05) is 6.61 Å². The van der Waals surface area contributed by atoms with Gasteiger partial charge in [0.15, 0.2) is 0 Å². The summed E-state index contributed by atoms with van der Waals surface area (Å²) in [6.45, 7) is 4.84. The molecule has 0 spiro atoms. The Labute approximate surface area is 96.7 Å². The summed E-state index contributed by atoms with van der Waals surface area (Å²) < 4.78 is 5.62. The van der Waals surface area contributed by atoms with E-state index in [2.05, 4.69) is 13.8 Å². The van der Waals surface area contributed by atoms with Gasteiger partial charge in [-0.3, -0.25) is 0 Å². The molecule has 2 N–H and O–H groups in total. The predicted molar refractivity (Wildman–Crippen MR) is 63.2 cm³/mol. The maximum atomic E-state index is 9.07. The lowest BCUT2D eigenvalue weighted by atomic mass is 10.1. The van der Waals surface area contributed by atoms with Crippen LogP contribution in [0.25, 0.3) is 0 Å². The minimum absolute atomic E-state index is 0.0342. The second kappa shape index (κ2) is 6.51. The quantitative estimate of drug-likeness (QED) is 0.778. The van der Waals surface area contributed by atoms with Crippen molar-refractivity contribution >= 4 is 0 Å². The summed E-state index contributed by atoms with van der Waals surface area (Å²) >= 11 is 0. The fourth-order valence-electron chi connectivity index (χ4n) is 1.35. The van der Waals surface area contributed by atoms with Gasteiger partial charge in [0.1, 0.15) is 5.75 Å². The molecule has 1 aromatic rings. The van der Waals surface area contributed by atoms with Crippen molar-refractivity contribution in [2.45, 2.75) is 33.5 Å². The van der Waals surface area contributed by atoms with Crippen molar-refractivity contribution in [3.8, 4) is 5.75 Å². The van der Waals surface area contributed by atoms with Crippen molar-refractivity contribution in [1.82, 2.24) is 0 Å². The van der Waals surface area contributed by atoms with Crippen molar-refractivity contribution in [3.05, 3.63) is 29.3 Å². The van der Waals surface area contributed by atoms with Crippen LogP contribution in [-0.2, 0) is 13.2 Å². The van der Waals surface area contributed by atoms with Gasteiger partial charge in [0.25, 0.3) is 0 Å². The van der Waals surface area contributed by atoms with Gasteiger partial charge in [0, 0.05) is 0 Å². The first-order chi connectivity index (χ1) is 7.69. The van der Waals surface area contributed by atoms with E-state index in [1.165, 1.54) is 0 Å². The molecule has 1 atom stereocenters. The zero-order valence-electron chi connectivity index (χ0n) is 9.94. The van der Waals surface area contributed by atoms with Gasteiger partial charge < -0.3 is 14.9 Å². The molecular formula is C13H20O3. The molecular weight excluding hydrogens is 204 g/mol. The Hall–Kier alpha value is -1.06. The molecule has 1 rings (SSSR count). The number of hydrogen-bond acceptors (Lipinski definition) is 3. The van der Waals surface area contributed by atoms with Crippen LogP contribution in [0.1, 0.15) is 31.4 Å². The highest BCUT2D eigenvalue weighted by Gasteiger charge is 2.03. The van der Waals surface area contributed by atoms with Gasteiger partial charge in [-0.2, -0.15) is 0 Å². The van der Waals surface area contributed by atoms with Crippen LogP contribution in [0.15, 0.2) is 18.2 Å². The maximum absolute atomic E-state index is 9.07. The van der Waals surface area contributed by atoms with E-state index in [9.17, 15) is 0 Å². The van der Waals surface area contributed by atoms with Crippen molar-refractivity contribution in [3.63, 3.8) is 0 Å². The number of aliphatic hydroxyl groups excluding tert-OH is 2. The van der Waals surface area contributed by atoms with Gasteiger partial charge >= 0.3 is 0 Å². The fourth-order valence-corrected chi connectivity index (χ4v) is 1.35. The molecule has 1 unspecified atom stereocenters. The Bertz CT molecular complexity index is 301. The number of benzene rings is 1. The van der Waals surface area contributed by atoms with Crippen LogP contribution in [-0.4, -0.2) is 16.8 Å². The average molecular weight is 224 g/mol. The van der Waals surface area contributed by atoms with Crippen LogP contribution < -0.4 is 4.74 Å². The monoisotopic (exact) mass is 224 g/mol. The van der Waals surface area contributed by atoms with Gasteiger partial charge in [0.2, 0.25) is 0 Å². The molecule has 0 heterocycles. The number of hydrogen-bond donors (Lipinski definition) is 2. The van der Waals surface area contributed by atoms with Crippen LogP contribution in [0.4, 0.5) is 0 Å². The molecule has 0 fully saturated rings. The van der Waals surface area contributed by atoms with Crippen molar-refractivity contribution < 1.29 is 14.9 Å². The Balaban J connectivity index is 2.71. The highest BCUT2D eigenvalue weighted by atomic mass is 16.5. The third kappa shape index (κ3) is 3.83. The highest BCUT2D eigenvalue weighted by molar-refractivity contribution is 5.33. The topological polar surface area (TPSA) is 49.7 Å². The van der Waals surface area contributed by atoms with E-state index in [0.717, 1.165) is 23.3 Å². The molecule has 3 heteroatoms. The smallest absolute Gasteiger partial charge is 0.120 e. The summed E-state index contributed by atoms with van der Waals surface area (Å²) in [4.78, 5) is 0. The lowest BCUT2D eigenvalue weighted by Crippen LogP contribution is -2.07. The number of aliphatic hydroxyl groups is 2. The van der Waals surface area contributed by atoms with Gasteiger partial charge in [-0.1, -0.05) is 26.3 Å². The van der Waals surface area contributed by atoms with Crippen LogP contribution in [0.2, 0.25) is 0 Å². The zero-order valence-corrected chi connectivity index (χ0v) is 9.94. The standard InChI is InChI=1S/C13H20O3/c1-3-10(2)9-16-13-5-11(7-14)4-12(6-13)8-15/h4-6,10,14-15H,3,7-9H2,1-2H3. The summed E-state index contributed by atoms with van der Waals surface area (Å²) in [5, 5.41) is 18.1. The summed E-state index contributed by atoms with van der Waals surface area (Å²) in [6.07, 6.45) is 1.08. The van der Waals surface area contributed by atoms with E-state index in [0.29, 0.717) is 12.5 Å². The summed E-state index contributed by atoms with van der Waals surface area (Å²) in [6, 6.07) is 5.39. The van der Waals surface area contributed by atoms with Crippen molar-refractivity contribution in [1.29, 1.82) is 0 Å². The second-order valence-corrected chi connectivity index (χ2v) is 4.13. The molecule has 90 valence electrons. The molecule has 0 aliphatic heterocycles. The minimum atomic E-state index is -0.0342. The SMILES string of the molecule is CCC(C)COc1cc(CO)cc(CO)c1. The average Bonchev–Trinajstić information content (AvgIpc) is 2.35. The number of ether oxygens (including phenoxy) is 1. The molecule has 0 amide bonds. The number of rotatable bonds is 6. The Kier molecular flexibility index (Phi) is 5.29. The first-order valence-corrected chi connectivity index (χ1v) is 5.67. The lowest BCUT2D eigenvalue weighted by molar-refractivity contribution is 0.250. The molecule has 0 aliphatic carbocycles. The van der Waals surface area contributed by atoms with E-state index in [1.807, 2.05) is 12.1 Å². The summed E-state index contributed by atoms with van der Waals surface area (Å²) in [7, 11) is 0. The zero-order chi connectivity index (χ0) is 12.0. The molecule has 0 aliphatic rings. The molecule has 0 aromatic heterocycles. The third-order valence-corrected chi connectivity index (χ3v) is 2.62. The van der Waals surface area contributed by atoms with Crippen LogP contribution in [0.5, 0.6) is 5.75 Å². The van der Waals surface area contributed by atoms with Gasteiger partial charge in [0.05, 0.1) is 19.8 Å². The molecule has 0 radical (unpaired) electrons. The van der Waals surface area contributed by atoms with Gasteiger partial charge in [-0.05, 0) is 29.2 Å². The van der Waals surface area contributed by atoms with Gasteiger partial charge in [-0.25, -0.2) is 0 Å². The lowest BCUT2D eigenvalue weighted by Gasteiger charge is -2.12. The third-order valence-electron chi connectivity index (χ3n) is 2.62. The molecule has 0 saturated carbocycles. The van der Waals surface area contributed by atoms with Gasteiger partial charge in [-0.15, -0.1) is 0 Å². The Morgan fingerprint density at radius 3 is 2.12 bits per heavy atom. The predicted octanol–water partition coefficient (Wildman–Crippen LogP) is 2.10. The van der Waals surface area contributed by atoms with E-state index >= 15 is 0 Å². The molecule has 1 aromatic carbocycles. The molecule has 0 saturated heterocycles. The molecule has 0 bridgehead atoms. The Morgan fingerprint density at radius 1 is 1.12 bits per heavy atom. The second-order valence-electron chi connectivity index (χ2n) is 4.13. The first-order valence-electron chi connectivity index (χ1n) is 5.67. The summed E-state index contributed by atoms with van der Waals surface area (Å²) in [5.74, 6) is 1.23. The van der Waals surface area contributed by atoms with E-state index in [1.54, 1.807) is 6.07 Å². The minimum Gasteiger partial charge on any atom is -0.493 e. The van der Waals surface area contributed by atoms with Crippen LogP contribution in [0, 0.1) is 5.92 Å². The Morgan fingerprint density at radius 2 is 1.69 bits per heavy atom. The normalized spacial score (nSPS) is 12.5. The first kappa shape index (κ1) is 13.0. The van der Waals surface area contributed by atoms with Crippen LogP contribution in [0.3, 0.4) is 0 Å². The largest absolute Gasteiger partial charge is 0.493 e. The van der Waals surface area contributed by atoms with Crippen molar-refractivity contribution in [2.24, 2.45) is 5.92 Å². The summed E-state index contributed by atoms with van der Waals surface area (Å²) in [5.41, 5.74) is 1.54.